The number of hydrogen-bond donors (Lipinski definition) is 0. The third kappa shape index (κ3) is 4.22. The summed E-state index contributed by atoms with van der Waals surface area (Å²) in [4.78, 5) is 15.7. The number of aryl methyl sites for hydroxylation is 2. The predicted octanol–water partition coefficient (Wildman–Crippen LogP) is 3.82. The smallest absolute Gasteiger partial charge is 0.257 e. The lowest BCUT2D eigenvalue weighted by molar-refractivity contribution is -0.186. The van der Waals surface area contributed by atoms with Crippen molar-refractivity contribution in [3.63, 3.8) is 0 Å². The second-order valence-corrected chi connectivity index (χ2v) is 9.11. The Bertz CT molecular complexity index is 1000. The molecule has 1 spiro atoms. The van der Waals surface area contributed by atoms with E-state index in [-0.39, 0.29) is 11.9 Å². The molecule has 1 unspecified atom stereocenters. The highest BCUT2D eigenvalue weighted by molar-refractivity contribution is 6.03. The second-order valence-electron chi connectivity index (χ2n) is 9.11. The first-order valence-corrected chi connectivity index (χ1v) is 11.6. The van der Waals surface area contributed by atoms with Gasteiger partial charge >= 0.3 is 0 Å². The molecule has 0 aromatic heterocycles. The maximum Gasteiger partial charge on any atom is 0.257 e. The van der Waals surface area contributed by atoms with E-state index in [4.69, 9.17) is 14.6 Å². The molecule has 3 aliphatic rings. The molecular weight excluding hydrogens is 402 g/mol. The quantitative estimate of drug-likeness (QED) is 0.736. The second kappa shape index (κ2) is 8.77. The Morgan fingerprint density at radius 3 is 2.50 bits per heavy atom. The molecule has 0 bridgehead atoms. The number of rotatable bonds is 4. The van der Waals surface area contributed by atoms with Gasteiger partial charge < -0.3 is 9.47 Å². The molecule has 0 radical (unpaired) electrons. The van der Waals surface area contributed by atoms with Crippen LogP contribution in [-0.4, -0.2) is 60.2 Å². The summed E-state index contributed by atoms with van der Waals surface area (Å²) in [6, 6.07) is 16.6. The summed E-state index contributed by atoms with van der Waals surface area (Å²) in [7, 11) is 0. The van der Waals surface area contributed by atoms with Crippen LogP contribution in [0, 0.1) is 13.8 Å². The van der Waals surface area contributed by atoms with Crippen LogP contribution < -0.4 is 0 Å². The number of hydrogen-bond acceptors (Lipinski definition) is 5. The first kappa shape index (κ1) is 21.3. The zero-order valence-corrected chi connectivity index (χ0v) is 18.9. The van der Waals surface area contributed by atoms with Crippen molar-refractivity contribution in [3.8, 4) is 0 Å². The fraction of sp³-hybridized carbons (Fsp3) is 0.462. The number of piperidine rings is 1. The van der Waals surface area contributed by atoms with E-state index in [0.717, 1.165) is 43.6 Å². The van der Waals surface area contributed by atoms with Crippen molar-refractivity contribution in [2.45, 2.75) is 44.9 Å². The molecule has 168 valence electrons. The van der Waals surface area contributed by atoms with Crippen LogP contribution >= 0.6 is 0 Å². The monoisotopic (exact) mass is 433 g/mol. The molecule has 1 amide bonds. The van der Waals surface area contributed by atoms with Gasteiger partial charge in [-0.3, -0.25) is 9.69 Å². The maximum absolute atomic E-state index is 13.5. The molecule has 0 saturated carbocycles. The van der Waals surface area contributed by atoms with E-state index < -0.39 is 5.79 Å². The largest absolute Gasteiger partial charge is 0.347 e. The molecule has 1 atom stereocenters. The molecule has 32 heavy (non-hydrogen) atoms. The summed E-state index contributed by atoms with van der Waals surface area (Å²) in [5, 5.41) is 6.58. The van der Waals surface area contributed by atoms with E-state index in [2.05, 4.69) is 49.1 Å². The number of benzene rings is 2. The number of carbonyl (C=O) groups is 1. The third-order valence-corrected chi connectivity index (χ3v) is 6.86. The molecule has 5 rings (SSSR count). The molecule has 2 saturated heterocycles. The Kier molecular flexibility index (Phi) is 5.84. The predicted molar refractivity (Wildman–Crippen MR) is 123 cm³/mol. The van der Waals surface area contributed by atoms with Crippen molar-refractivity contribution in [1.29, 1.82) is 0 Å². The minimum atomic E-state index is -0.424. The van der Waals surface area contributed by atoms with E-state index in [0.29, 0.717) is 19.8 Å². The molecule has 2 aromatic carbocycles. The Labute approximate surface area is 189 Å². The van der Waals surface area contributed by atoms with Gasteiger partial charge in [-0.15, -0.1) is 0 Å². The molecule has 6 heteroatoms. The van der Waals surface area contributed by atoms with Crippen molar-refractivity contribution < 1.29 is 14.3 Å². The molecule has 2 aromatic rings. The van der Waals surface area contributed by atoms with Gasteiger partial charge in [0.25, 0.3) is 5.91 Å². The van der Waals surface area contributed by atoms with Gasteiger partial charge in [0.05, 0.1) is 31.5 Å². The summed E-state index contributed by atoms with van der Waals surface area (Å²) in [6.07, 6.45) is 2.34. The van der Waals surface area contributed by atoms with Crippen LogP contribution in [0.15, 0.2) is 53.6 Å². The van der Waals surface area contributed by atoms with Gasteiger partial charge in [0.15, 0.2) is 5.79 Å². The Balaban J connectivity index is 1.36. The fourth-order valence-corrected chi connectivity index (χ4v) is 5.01. The minimum Gasteiger partial charge on any atom is -0.347 e. The first-order valence-electron chi connectivity index (χ1n) is 11.6. The van der Waals surface area contributed by atoms with E-state index in [1.807, 2.05) is 18.2 Å². The molecule has 0 aliphatic carbocycles. The lowest BCUT2D eigenvalue weighted by atomic mass is 9.94. The lowest BCUT2D eigenvalue weighted by Gasteiger charge is -2.37. The van der Waals surface area contributed by atoms with Gasteiger partial charge in [-0.05, 0) is 30.5 Å². The number of amides is 1. The molecule has 3 heterocycles. The first-order chi connectivity index (χ1) is 15.5. The average Bonchev–Trinajstić information content (AvgIpc) is 3.46. The number of carbonyl (C=O) groups excluding carboxylic acids is 1. The minimum absolute atomic E-state index is 0.0473. The van der Waals surface area contributed by atoms with E-state index in [9.17, 15) is 4.79 Å². The van der Waals surface area contributed by atoms with Gasteiger partial charge in [-0.25, -0.2) is 5.01 Å². The van der Waals surface area contributed by atoms with Crippen molar-refractivity contribution in [3.05, 3.63) is 70.8 Å². The van der Waals surface area contributed by atoms with Crippen LogP contribution in [0.1, 0.15) is 47.6 Å². The summed E-state index contributed by atoms with van der Waals surface area (Å²) in [5.74, 6) is -0.376. The van der Waals surface area contributed by atoms with E-state index in [1.165, 1.54) is 16.7 Å². The van der Waals surface area contributed by atoms with Crippen molar-refractivity contribution in [2.75, 3.05) is 32.8 Å². The molecule has 2 fully saturated rings. The third-order valence-electron chi connectivity index (χ3n) is 6.86. The van der Waals surface area contributed by atoms with Gasteiger partial charge in [0, 0.05) is 32.4 Å². The van der Waals surface area contributed by atoms with Crippen LogP contribution in [0.5, 0.6) is 0 Å². The zero-order chi connectivity index (χ0) is 22.1. The summed E-state index contributed by atoms with van der Waals surface area (Å²) in [6.45, 7) is 7.50. The Morgan fingerprint density at radius 2 is 1.78 bits per heavy atom. The van der Waals surface area contributed by atoms with Gasteiger partial charge in [0.1, 0.15) is 0 Å². The van der Waals surface area contributed by atoms with Crippen molar-refractivity contribution in [1.82, 2.24) is 9.91 Å². The summed E-state index contributed by atoms with van der Waals surface area (Å²) in [5.41, 5.74) is 5.62. The van der Waals surface area contributed by atoms with E-state index in [1.54, 1.807) is 5.01 Å². The molecule has 0 N–H and O–H groups in total. The number of likely N-dealkylation sites (tertiary alicyclic amines) is 1. The zero-order valence-electron chi connectivity index (χ0n) is 18.9. The normalized spacial score (nSPS) is 23.0. The molecule has 3 aliphatic heterocycles. The Hall–Kier alpha value is -2.54. The number of nitrogens with zero attached hydrogens (tertiary/aromatic N) is 3. The molecule has 6 nitrogen and oxygen atoms in total. The van der Waals surface area contributed by atoms with Crippen molar-refractivity contribution >= 4 is 11.6 Å². The topological polar surface area (TPSA) is 54.4 Å². The highest BCUT2D eigenvalue weighted by Crippen LogP contribution is 2.36. The van der Waals surface area contributed by atoms with Gasteiger partial charge in [0.2, 0.25) is 0 Å². The summed E-state index contributed by atoms with van der Waals surface area (Å²) < 4.78 is 11.7. The average molecular weight is 434 g/mol. The standard InChI is InChI=1S/C26H31N3O3/c1-19-8-9-20(2)22(16-19)24-17-23(21-6-4-3-5-7-21)27-29(24)25(30)18-28-12-10-26(11-13-28)31-14-15-32-26/h3-9,16,24H,10-15,17-18H2,1-2H3. The van der Waals surface area contributed by atoms with Gasteiger partial charge in [-0.2, -0.15) is 5.10 Å². The highest BCUT2D eigenvalue weighted by Gasteiger charge is 2.41. The SMILES string of the molecule is Cc1ccc(C)c(C2CC(c3ccccc3)=NN2C(=O)CN2CCC3(CC2)OCCO3)c1. The van der Waals surface area contributed by atoms with Crippen LogP contribution in [0.25, 0.3) is 0 Å². The van der Waals surface area contributed by atoms with E-state index >= 15 is 0 Å². The van der Waals surface area contributed by atoms with Gasteiger partial charge in [-0.1, -0.05) is 54.1 Å². The highest BCUT2D eigenvalue weighted by atomic mass is 16.7. The lowest BCUT2D eigenvalue weighted by Crippen LogP contribution is -2.48. The van der Waals surface area contributed by atoms with Crippen molar-refractivity contribution in [2.24, 2.45) is 5.10 Å². The fourth-order valence-electron chi connectivity index (χ4n) is 5.01. The number of hydrazone groups is 1. The van der Waals surface area contributed by atoms with Crippen LogP contribution in [0.3, 0.4) is 0 Å². The van der Waals surface area contributed by atoms with Crippen LogP contribution in [0.2, 0.25) is 0 Å². The van der Waals surface area contributed by atoms with Crippen LogP contribution in [-0.2, 0) is 14.3 Å². The Morgan fingerprint density at radius 1 is 1.06 bits per heavy atom. The number of ether oxygens (including phenoxy) is 2. The maximum atomic E-state index is 13.5. The summed E-state index contributed by atoms with van der Waals surface area (Å²) >= 11 is 0. The van der Waals surface area contributed by atoms with Crippen LogP contribution in [0.4, 0.5) is 0 Å². The molecular formula is C26H31N3O3.